The highest BCUT2D eigenvalue weighted by Crippen LogP contribution is 2.25. The molecular formula is C16H18N2O. The first-order chi connectivity index (χ1) is 9.22. The van der Waals surface area contributed by atoms with Crippen molar-refractivity contribution in [2.75, 3.05) is 12.3 Å². The summed E-state index contributed by atoms with van der Waals surface area (Å²) in [6.07, 6.45) is 0. The molecule has 2 N–H and O–H groups in total. The van der Waals surface area contributed by atoms with Crippen molar-refractivity contribution < 1.29 is 4.84 Å². The molecule has 0 aliphatic carbocycles. The minimum Gasteiger partial charge on any atom is -0.398 e. The second-order valence-electron chi connectivity index (χ2n) is 4.26. The number of rotatable bonds is 4. The van der Waals surface area contributed by atoms with E-state index in [1.54, 1.807) is 0 Å². The summed E-state index contributed by atoms with van der Waals surface area (Å²) in [4.78, 5) is 5.05. The van der Waals surface area contributed by atoms with E-state index in [-0.39, 0.29) is 0 Å². The van der Waals surface area contributed by atoms with Gasteiger partial charge in [-0.3, -0.25) is 0 Å². The Balaban J connectivity index is 2.26. The van der Waals surface area contributed by atoms with Crippen LogP contribution in [0, 0.1) is 0 Å². The van der Waals surface area contributed by atoms with E-state index in [0.29, 0.717) is 6.61 Å². The molecule has 98 valence electrons. The maximum atomic E-state index is 5.97. The van der Waals surface area contributed by atoms with Crippen molar-refractivity contribution in [2.24, 2.45) is 5.16 Å². The van der Waals surface area contributed by atoms with E-state index in [9.17, 15) is 0 Å². The van der Waals surface area contributed by atoms with Crippen molar-refractivity contribution in [1.29, 1.82) is 0 Å². The van der Waals surface area contributed by atoms with E-state index in [0.717, 1.165) is 28.1 Å². The lowest BCUT2D eigenvalue weighted by Crippen LogP contribution is -1.96. The fraction of sp³-hybridized carbons (Fsp3) is 0.188. The molecule has 0 unspecified atom stereocenters. The number of nitrogens with two attached hydrogens (primary N) is 1. The highest BCUT2D eigenvalue weighted by atomic mass is 16.6. The standard InChI is InChI=1S/C16H18N2O/c1-3-19-18-12(2)13-8-10-14(11-9-13)15-6-4-5-7-16(15)17/h4-11H,3,17H2,1-2H3/b18-12-. The van der Waals surface area contributed by atoms with Crippen molar-refractivity contribution in [3.8, 4) is 11.1 Å². The Bertz CT molecular complexity index is 574. The summed E-state index contributed by atoms with van der Waals surface area (Å²) in [5.41, 5.74) is 10.8. The topological polar surface area (TPSA) is 47.6 Å². The number of para-hydroxylation sites is 1. The van der Waals surface area contributed by atoms with Crippen molar-refractivity contribution in [3.63, 3.8) is 0 Å². The van der Waals surface area contributed by atoms with Gasteiger partial charge in [0.2, 0.25) is 0 Å². The van der Waals surface area contributed by atoms with Gasteiger partial charge in [0, 0.05) is 11.3 Å². The average molecular weight is 254 g/mol. The van der Waals surface area contributed by atoms with Crippen LogP contribution in [0.5, 0.6) is 0 Å². The van der Waals surface area contributed by atoms with Gasteiger partial charge in [-0.25, -0.2) is 0 Å². The quantitative estimate of drug-likeness (QED) is 0.514. The molecule has 2 aromatic carbocycles. The predicted octanol–water partition coefficient (Wildman–Crippen LogP) is 3.70. The zero-order chi connectivity index (χ0) is 13.7. The number of hydrogen-bond donors (Lipinski definition) is 1. The van der Waals surface area contributed by atoms with Crippen molar-refractivity contribution in [3.05, 3.63) is 54.1 Å². The van der Waals surface area contributed by atoms with Gasteiger partial charge in [-0.15, -0.1) is 0 Å². The second-order valence-corrected chi connectivity index (χ2v) is 4.26. The van der Waals surface area contributed by atoms with Gasteiger partial charge < -0.3 is 10.6 Å². The van der Waals surface area contributed by atoms with Gasteiger partial charge in [-0.2, -0.15) is 0 Å². The van der Waals surface area contributed by atoms with Crippen molar-refractivity contribution in [2.45, 2.75) is 13.8 Å². The van der Waals surface area contributed by atoms with Crippen molar-refractivity contribution in [1.82, 2.24) is 0 Å². The van der Waals surface area contributed by atoms with Gasteiger partial charge in [0.15, 0.2) is 0 Å². The van der Waals surface area contributed by atoms with Crippen LogP contribution in [-0.2, 0) is 4.84 Å². The maximum absolute atomic E-state index is 5.97. The first kappa shape index (κ1) is 13.1. The SMILES string of the molecule is CCO/N=C(/C)c1ccc(-c2ccccc2N)cc1. The Morgan fingerprint density at radius 2 is 1.79 bits per heavy atom. The van der Waals surface area contributed by atoms with Crippen LogP contribution in [-0.4, -0.2) is 12.3 Å². The molecule has 3 nitrogen and oxygen atoms in total. The Labute approximate surface area is 113 Å². The molecular weight excluding hydrogens is 236 g/mol. The number of benzene rings is 2. The Hall–Kier alpha value is -2.29. The van der Waals surface area contributed by atoms with Crippen LogP contribution in [0.15, 0.2) is 53.7 Å². The van der Waals surface area contributed by atoms with E-state index < -0.39 is 0 Å². The van der Waals surface area contributed by atoms with Crippen LogP contribution in [0.2, 0.25) is 0 Å². The largest absolute Gasteiger partial charge is 0.398 e. The van der Waals surface area contributed by atoms with Crippen LogP contribution in [0.4, 0.5) is 5.69 Å². The highest BCUT2D eigenvalue weighted by Gasteiger charge is 2.03. The van der Waals surface area contributed by atoms with E-state index in [1.807, 2.05) is 62.4 Å². The zero-order valence-electron chi connectivity index (χ0n) is 11.3. The smallest absolute Gasteiger partial charge is 0.114 e. The molecule has 2 aromatic rings. The van der Waals surface area contributed by atoms with Gasteiger partial charge in [-0.05, 0) is 31.0 Å². The third kappa shape index (κ3) is 3.13. The van der Waals surface area contributed by atoms with Crippen LogP contribution in [0.1, 0.15) is 19.4 Å². The molecule has 19 heavy (non-hydrogen) atoms. The number of nitrogen functional groups attached to an aromatic ring is 1. The van der Waals surface area contributed by atoms with Gasteiger partial charge in [0.25, 0.3) is 0 Å². The molecule has 0 aliphatic rings. The minimum absolute atomic E-state index is 0.579. The van der Waals surface area contributed by atoms with E-state index in [1.165, 1.54) is 0 Å². The Morgan fingerprint density at radius 1 is 1.11 bits per heavy atom. The summed E-state index contributed by atoms with van der Waals surface area (Å²) in [6.45, 7) is 4.43. The molecule has 2 rings (SSSR count). The second kappa shape index (κ2) is 6.05. The van der Waals surface area contributed by atoms with E-state index in [2.05, 4.69) is 5.16 Å². The molecule has 3 heteroatoms. The Morgan fingerprint density at radius 3 is 2.42 bits per heavy atom. The average Bonchev–Trinajstić information content (AvgIpc) is 2.45. The molecule has 0 bridgehead atoms. The van der Waals surface area contributed by atoms with Crippen LogP contribution in [0.25, 0.3) is 11.1 Å². The van der Waals surface area contributed by atoms with E-state index >= 15 is 0 Å². The third-order valence-corrected chi connectivity index (χ3v) is 2.91. The summed E-state index contributed by atoms with van der Waals surface area (Å²) < 4.78 is 0. The fourth-order valence-electron chi connectivity index (χ4n) is 1.86. The molecule has 0 heterocycles. The van der Waals surface area contributed by atoms with Crippen molar-refractivity contribution >= 4 is 11.4 Å². The molecule has 0 amide bonds. The maximum Gasteiger partial charge on any atom is 0.114 e. The van der Waals surface area contributed by atoms with Gasteiger partial charge >= 0.3 is 0 Å². The fourth-order valence-corrected chi connectivity index (χ4v) is 1.86. The monoisotopic (exact) mass is 254 g/mol. The molecule has 0 fully saturated rings. The van der Waals surface area contributed by atoms with Gasteiger partial charge in [0.1, 0.15) is 6.61 Å². The van der Waals surface area contributed by atoms with Crippen LogP contribution < -0.4 is 5.73 Å². The molecule has 0 atom stereocenters. The lowest BCUT2D eigenvalue weighted by molar-refractivity contribution is 0.159. The number of oxime groups is 1. The zero-order valence-corrected chi connectivity index (χ0v) is 11.3. The molecule has 0 aliphatic heterocycles. The number of nitrogens with zero attached hydrogens (tertiary/aromatic N) is 1. The first-order valence-electron chi connectivity index (χ1n) is 6.34. The summed E-state index contributed by atoms with van der Waals surface area (Å²) in [6, 6.07) is 16.0. The molecule has 0 spiro atoms. The molecule has 0 radical (unpaired) electrons. The number of anilines is 1. The lowest BCUT2D eigenvalue weighted by atomic mass is 10.0. The predicted molar refractivity (Wildman–Crippen MR) is 80.1 cm³/mol. The summed E-state index contributed by atoms with van der Waals surface area (Å²) in [5.74, 6) is 0. The highest BCUT2D eigenvalue weighted by molar-refractivity contribution is 5.98. The normalized spacial score (nSPS) is 11.4. The summed E-state index contributed by atoms with van der Waals surface area (Å²) in [7, 11) is 0. The molecule has 0 aromatic heterocycles. The lowest BCUT2D eigenvalue weighted by Gasteiger charge is -2.07. The van der Waals surface area contributed by atoms with Crippen LogP contribution >= 0.6 is 0 Å². The minimum atomic E-state index is 0.579. The molecule has 0 saturated carbocycles. The molecule has 0 saturated heterocycles. The Kier molecular flexibility index (Phi) is 4.18. The summed E-state index contributed by atoms with van der Waals surface area (Å²) in [5, 5.41) is 4.02. The first-order valence-corrected chi connectivity index (χ1v) is 6.34. The van der Waals surface area contributed by atoms with Gasteiger partial charge in [0.05, 0.1) is 5.71 Å². The third-order valence-electron chi connectivity index (χ3n) is 2.91. The van der Waals surface area contributed by atoms with E-state index in [4.69, 9.17) is 10.6 Å². The van der Waals surface area contributed by atoms with Crippen LogP contribution in [0.3, 0.4) is 0 Å². The van der Waals surface area contributed by atoms with Gasteiger partial charge in [-0.1, -0.05) is 47.6 Å². The number of hydrogen-bond acceptors (Lipinski definition) is 3. The summed E-state index contributed by atoms with van der Waals surface area (Å²) >= 11 is 0.